The van der Waals surface area contributed by atoms with E-state index in [1.807, 2.05) is 11.3 Å². The maximum atomic E-state index is 12.5. The highest BCUT2D eigenvalue weighted by Crippen LogP contribution is 2.38. The van der Waals surface area contributed by atoms with E-state index in [1.165, 1.54) is 15.3 Å². The molecule has 0 unspecified atom stereocenters. The zero-order valence-electron chi connectivity index (χ0n) is 13.6. The highest BCUT2D eigenvalue weighted by molar-refractivity contribution is 7.16. The van der Waals surface area contributed by atoms with Crippen LogP contribution in [-0.4, -0.2) is 23.9 Å². The maximum absolute atomic E-state index is 12.5. The third-order valence-electron chi connectivity index (χ3n) is 5.04. The van der Waals surface area contributed by atoms with Gasteiger partial charge in [0.25, 0.3) is 0 Å². The van der Waals surface area contributed by atoms with Crippen LogP contribution < -0.4 is 5.32 Å². The summed E-state index contributed by atoms with van der Waals surface area (Å²) in [6.07, 6.45) is 4.14. The predicted octanol–water partition coefficient (Wildman–Crippen LogP) is 3.73. The Kier molecular flexibility index (Phi) is 4.17. The Morgan fingerprint density at radius 2 is 2.29 bits per heavy atom. The lowest BCUT2D eigenvalue weighted by Gasteiger charge is -2.32. The van der Waals surface area contributed by atoms with Gasteiger partial charge in [-0.3, -0.25) is 9.69 Å². The Morgan fingerprint density at radius 1 is 1.42 bits per heavy atom. The highest BCUT2D eigenvalue weighted by Gasteiger charge is 2.27. The van der Waals surface area contributed by atoms with E-state index in [0.29, 0.717) is 12.1 Å². The summed E-state index contributed by atoms with van der Waals surface area (Å²) in [5, 5.41) is 15.3. The molecule has 0 saturated carbocycles. The van der Waals surface area contributed by atoms with Crippen LogP contribution in [0.25, 0.3) is 0 Å². The number of rotatable bonds is 3. The van der Waals surface area contributed by atoms with E-state index in [0.717, 1.165) is 42.8 Å². The largest absolute Gasteiger partial charge is 0.315 e. The molecule has 2 aromatic heterocycles. The molecule has 1 aliphatic carbocycles. The number of thiophene rings is 2. The summed E-state index contributed by atoms with van der Waals surface area (Å²) in [5.41, 5.74) is 3.20. The van der Waals surface area contributed by atoms with Crippen LogP contribution in [0.15, 0.2) is 11.4 Å². The van der Waals surface area contributed by atoms with Gasteiger partial charge >= 0.3 is 0 Å². The monoisotopic (exact) mass is 357 g/mol. The van der Waals surface area contributed by atoms with Crippen LogP contribution in [0.5, 0.6) is 0 Å². The van der Waals surface area contributed by atoms with Crippen LogP contribution >= 0.6 is 22.7 Å². The summed E-state index contributed by atoms with van der Waals surface area (Å²) >= 11 is 3.39. The predicted molar refractivity (Wildman–Crippen MR) is 97.7 cm³/mol. The van der Waals surface area contributed by atoms with E-state index in [9.17, 15) is 10.1 Å². The molecule has 1 N–H and O–H groups in total. The Bertz CT molecular complexity index is 830. The van der Waals surface area contributed by atoms with E-state index >= 15 is 0 Å². The molecule has 3 heterocycles. The summed E-state index contributed by atoms with van der Waals surface area (Å²) in [4.78, 5) is 17.5. The number of aryl methyl sites for hydroxylation is 1. The first-order valence-corrected chi connectivity index (χ1v) is 10.0. The van der Waals surface area contributed by atoms with E-state index in [4.69, 9.17) is 0 Å². The Morgan fingerprint density at radius 3 is 3.12 bits per heavy atom. The van der Waals surface area contributed by atoms with Crippen LogP contribution in [0.3, 0.4) is 0 Å². The van der Waals surface area contributed by atoms with Gasteiger partial charge in [-0.25, -0.2) is 0 Å². The van der Waals surface area contributed by atoms with Gasteiger partial charge in [0, 0.05) is 22.3 Å². The molecular weight excluding hydrogens is 338 g/mol. The van der Waals surface area contributed by atoms with Crippen LogP contribution in [0, 0.1) is 11.3 Å². The second-order valence-corrected chi connectivity index (χ2v) is 8.52. The van der Waals surface area contributed by atoms with Gasteiger partial charge < -0.3 is 5.32 Å². The molecular formula is C18H19N3OS2. The fraction of sp³-hybridized carbons (Fsp3) is 0.444. The Balaban J connectivity index is 1.46. The van der Waals surface area contributed by atoms with Crippen molar-refractivity contribution in [3.63, 3.8) is 0 Å². The fourth-order valence-electron chi connectivity index (χ4n) is 3.74. The lowest BCUT2D eigenvalue weighted by molar-refractivity contribution is -0.117. The maximum Gasteiger partial charge on any atom is 0.239 e. The minimum atomic E-state index is -0.0167. The summed E-state index contributed by atoms with van der Waals surface area (Å²) in [6, 6.07) is 4.73. The lowest BCUT2D eigenvalue weighted by atomic mass is 10.0. The summed E-state index contributed by atoms with van der Waals surface area (Å²) in [5.74, 6) is -0.0167. The molecule has 4 nitrogen and oxygen atoms in total. The van der Waals surface area contributed by atoms with Gasteiger partial charge in [0.15, 0.2) is 0 Å². The van der Waals surface area contributed by atoms with E-state index in [-0.39, 0.29) is 11.9 Å². The Labute approximate surface area is 149 Å². The molecule has 0 bridgehead atoms. The molecule has 0 radical (unpaired) electrons. The number of hydrogen-bond donors (Lipinski definition) is 1. The smallest absolute Gasteiger partial charge is 0.239 e. The van der Waals surface area contributed by atoms with Crippen molar-refractivity contribution in [3.05, 3.63) is 37.9 Å². The second kappa shape index (κ2) is 6.32. The molecule has 24 heavy (non-hydrogen) atoms. The number of hydrogen-bond acceptors (Lipinski definition) is 5. The van der Waals surface area contributed by atoms with Crippen molar-refractivity contribution in [1.29, 1.82) is 5.26 Å². The molecule has 0 fully saturated rings. The molecule has 0 saturated heterocycles. The summed E-state index contributed by atoms with van der Waals surface area (Å²) in [6.45, 7) is 3.45. The lowest BCUT2D eigenvalue weighted by Crippen LogP contribution is -2.39. The van der Waals surface area contributed by atoms with Crippen molar-refractivity contribution in [1.82, 2.24) is 4.90 Å². The third kappa shape index (κ3) is 2.67. The fourth-order valence-corrected chi connectivity index (χ4v) is 5.96. The first kappa shape index (κ1) is 15.8. The molecule has 1 aliphatic heterocycles. The van der Waals surface area contributed by atoms with Crippen LogP contribution in [0.2, 0.25) is 0 Å². The third-order valence-corrected chi connectivity index (χ3v) is 7.24. The standard InChI is InChI=1S/C18H19N3OS2/c1-11-12-6-8-23-15(12)5-7-21(11)10-17(22)20-18-14(9-19)13-3-2-4-16(13)24-18/h6,8,11H,2-5,7,10H2,1H3,(H,20,22)/t11-/m1/s1. The quantitative estimate of drug-likeness (QED) is 0.911. The summed E-state index contributed by atoms with van der Waals surface area (Å²) in [7, 11) is 0. The van der Waals surface area contributed by atoms with E-state index in [2.05, 4.69) is 34.7 Å². The second-order valence-electron chi connectivity index (χ2n) is 6.42. The number of amides is 1. The molecule has 1 atom stereocenters. The normalized spacial score (nSPS) is 19.6. The van der Waals surface area contributed by atoms with Crippen LogP contribution in [0.1, 0.15) is 45.8 Å². The first-order chi connectivity index (χ1) is 11.7. The minimum Gasteiger partial charge on any atom is -0.315 e. The van der Waals surface area contributed by atoms with Crippen LogP contribution in [0.4, 0.5) is 5.00 Å². The molecule has 0 aromatic carbocycles. The summed E-state index contributed by atoms with van der Waals surface area (Å²) < 4.78 is 0. The van der Waals surface area contributed by atoms with Gasteiger partial charge in [-0.15, -0.1) is 22.7 Å². The van der Waals surface area contributed by atoms with E-state index in [1.54, 1.807) is 11.3 Å². The number of carbonyl (C=O) groups excluding carboxylic acids is 1. The average Bonchev–Trinajstić information content (AvgIpc) is 3.25. The Hall–Kier alpha value is -1.68. The zero-order chi connectivity index (χ0) is 16.7. The van der Waals surface area contributed by atoms with Crippen molar-refractivity contribution in [2.45, 2.75) is 38.6 Å². The number of fused-ring (bicyclic) bond motifs is 2. The number of anilines is 1. The van der Waals surface area contributed by atoms with Gasteiger partial charge in [-0.1, -0.05) is 0 Å². The van der Waals surface area contributed by atoms with Gasteiger partial charge in [-0.2, -0.15) is 5.26 Å². The molecule has 2 aliphatic rings. The van der Waals surface area contributed by atoms with Crippen molar-refractivity contribution < 1.29 is 4.79 Å². The SMILES string of the molecule is C[C@@H]1c2ccsc2CCN1CC(=O)Nc1sc2c(c1C#N)CCC2. The van der Waals surface area contributed by atoms with Gasteiger partial charge in [0.1, 0.15) is 11.1 Å². The molecule has 4 rings (SSSR count). The van der Waals surface area contributed by atoms with Crippen molar-refractivity contribution in [3.8, 4) is 6.07 Å². The van der Waals surface area contributed by atoms with E-state index < -0.39 is 0 Å². The molecule has 124 valence electrons. The van der Waals surface area contributed by atoms with Crippen molar-refractivity contribution >= 4 is 33.6 Å². The molecule has 0 spiro atoms. The minimum absolute atomic E-state index is 0.0167. The van der Waals surface area contributed by atoms with Crippen LogP contribution in [-0.2, 0) is 24.1 Å². The van der Waals surface area contributed by atoms with Crippen molar-refractivity contribution in [2.75, 3.05) is 18.4 Å². The van der Waals surface area contributed by atoms with Gasteiger partial charge in [0.05, 0.1) is 12.1 Å². The number of nitrogens with one attached hydrogen (secondary N) is 1. The average molecular weight is 358 g/mol. The molecule has 6 heteroatoms. The van der Waals surface area contributed by atoms with Gasteiger partial charge in [0.2, 0.25) is 5.91 Å². The number of nitrogens with zero attached hydrogens (tertiary/aromatic N) is 2. The number of carbonyl (C=O) groups is 1. The molecule has 1 amide bonds. The highest BCUT2D eigenvalue weighted by atomic mass is 32.1. The topological polar surface area (TPSA) is 56.1 Å². The van der Waals surface area contributed by atoms with Gasteiger partial charge in [-0.05, 0) is 55.2 Å². The van der Waals surface area contributed by atoms with Crippen molar-refractivity contribution in [2.24, 2.45) is 0 Å². The zero-order valence-corrected chi connectivity index (χ0v) is 15.2. The molecule has 2 aromatic rings. The number of nitriles is 1. The first-order valence-electron chi connectivity index (χ1n) is 8.32.